The number of nitrogens with zero attached hydrogens (tertiary/aromatic N) is 1. The lowest BCUT2D eigenvalue weighted by Gasteiger charge is -2.17. The summed E-state index contributed by atoms with van der Waals surface area (Å²) in [6, 6.07) is 18.3. The number of rotatable bonds is 6. The van der Waals surface area contributed by atoms with Crippen molar-refractivity contribution in [2.75, 3.05) is 13.6 Å². The molecule has 1 amide bonds. The average Bonchev–Trinajstić information content (AvgIpc) is 2.48. The molecular formula is C18H22N2O. The molecule has 0 aliphatic heterocycles. The molecule has 0 spiro atoms. The average molecular weight is 282 g/mol. The highest BCUT2D eigenvalue weighted by molar-refractivity contribution is 5.77. The molecule has 0 aromatic heterocycles. The maximum absolute atomic E-state index is 12.1. The van der Waals surface area contributed by atoms with Gasteiger partial charge in [0.1, 0.15) is 0 Å². The molecule has 0 heterocycles. The highest BCUT2D eigenvalue weighted by Gasteiger charge is 2.08. The first-order valence-electron chi connectivity index (χ1n) is 7.19. The van der Waals surface area contributed by atoms with Gasteiger partial charge in [0.15, 0.2) is 0 Å². The first-order valence-corrected chi connectivity index (χ1v) is 7.19. The van der Waals surface area contributed by atoms with Crippen LogP contribution in [0.2, 0.25) is 0 Å². The van der Waals surface area contributed by atoms with Crippen molar-refractivity contribution in [3.8, 4) is 0 Å². The third-order valence-electron chi connectivity index (χ3n) is 3.38. The fourth-order valence-electron chi connectivity index (χ4n) is 2.22. The third-order valence-corrected chi connectivity index (χ3v) is 3.38. The van der Waals surface area contributed by atoms with Crippen LogP contribution in [0, 0.1) is 6.92 Å². The standard InChI is InChI=1S/C18H22N2O/c1-15-7-6-10-17(11-15)12-19-13-18(21)20(2)14-16-8-4-3-5-9-16/h3-11,19H,12-14H2,1-2H3. The smallest absolute Gasteiger partial charge is 0.236 e. The summed E-state index contributed by atoms with van der Waals surface area (Å²) in [5, 5.41) is 3.20. The van der Waals surface area contributed by atoms with Gasteiger partial charge in [-0.05, 0) is 18.1 Å². The van der Waals surface area contributed by atoms with Crippen LogP contribution in [0.1, 0.15) is 16.7 Å². The van der Waals surface area contributed by atoms with E-state index in [2.05, 4.69) is 30.4 Å². The highest BCUT2D eigenvalue weighted by atomic mass is 16.2. The molecule has 2 aromatic carbocycles. The Balaban J connectivity index is 1.76. The summed E-state index contributed by atoms with van der Waals surface area (Å²) in [6.07, 6.45) is 0. The Morgan fingerprint density at radius 3 is 2.48 bits per heavy atom. The molecule has 110 valence electrons. The van der Waals surface area contributed by atoms with Gasteiger partial charge >= 0.3 is 0 Å². The van der Waals surface area contributed by atoms with E-state index in [0.717, 1.165) is 5.56 Å². The van der Waals surface area contributed by atoms with Gasteiger partial charge in [0, 0.05) is 20.1 Å². The second kappa shape index (κ2) is 7.60. The largest absolute Gasteiger partial charge is 0.340 e. The monoisotopic (exact) mass is 282 g/mol. The predicted molar refractivity (Wildman–Crippen MR) is 85.8 cm³/mol. The maximum Gasteiger partial charge on any atom is 0.236 e. The van der Waals surface area contributed by atoms with Gasteiger partial charge in [-0.15, -0.1) is 0 Å². The zero-order valence-corrected chi connectivity index (χ0v) is 12.7. The number of hydrogen-bond donors (Lipinski definition) is 1. The minimum atomic E-state index is 0.103. The summed E-state index contributed by atoms with van der Waals surface area (Å²) in [7, 11) is 1.84. The van der Waals surface area contributed by atoms with Crippen molar-refractivity contribution in [2.45, 2.75) is 20.0 Å². The number of hydrogen-bond acceptors (Lipinski definition) is 2. The molecule has 0 atom stereocenters. The molecule has 0 fully saturated rings. The number of carbonyl (C=O) groups excluding carboxylic acids is 1. The summed E-state index contributed by atoms with van der Waals surface area (Å²) in [6.45, 7) is 3.79. The third kappa shape index (κ3) is 5.04. The second-order valence-electron chi connectivity index (χ2n) is 5.33. The SMILES string of the molecule is Cc1cccc(CNCC(=O)N(C)Cc2ccccc2)c1. The van der Waals surface area contributed by atoms with Crippen LogP contribution in [-0.4, -0.2) is 24.4 Å². The number of benzene rings is 2. The number of nitrogens with one attached hydrogen (secondary N) is 1. The van der Waals surface area contributed by atoms with E-state index in [-0.39, 0.29) is 5.91 Å². The molecule has 0 saturated carbocycles. The quantitative estimate of drug-likeness (QED) is 0.883. The number of amides is 1. The normalized spacial score (nSPS) is 10.4. The molecule has 0 radical (unpaired) electrons. The molecular weight excluding hydrogens is 260 g/mol. The van der Waals surface area contributed by atoms with Crippen LogP contribution >= 0.6 is 0 Å². The Kier molecular flexibility index (Phi) is 5.52. The van der Waals surface area contributed by atoms with E-state index >= 15 is 0 Å². The Bertz CT molecular complexity index is 581. The second-order valence-corrected chi connectivity index (χ2v) is 5.33. The first kappa shape index (κ1) is 15.3. The van der Waals surface area contributed by atoms with Gasteiger partial charge in [-0.1, -0.05) is 60.2 Å². The van der Waals surface area contributed by atoms with Crippen molar-refractivity contribution < 1.29 is 4.79 Å². The van der Waals surface area contributed by atoms with E-state index in [4.69, 9.17) is 0 Å². The molecule has 0 aliphatic rings. The van der Waals surface area contributed by atoms with Gasteiger partial charge in [-0.2, -0.15) is 0 Å². The molecule has 3 nitrogen and oxygen atoms in total. The Hall–Kier alpha value is -2.13. The van der Waals surface area contributed by atoms with Crippen LogP contribution in [-0.2, 0) is 17.9 Å². The van der Waals surface area contributed by atoms with Gasteiger partial charge in [0.25, 0.3) is 0 Å². The summed E-state index contributed by atoms with van der Waals surface area (Å²) < 4.78 is 0. The van der Waals surface area contributed by atoms with E-state index in [1.165, 1.54) is 11.1 Å². The fourth-order valence-corrected chi connectivity index (χ4v) is 2.22. The Morgan fingerprint density at radius 2 is 1.76 bits per heavy atom. The molecule has 0 aliphatic carbocycles. The Labute approximate surface area is 126 Å². The van der Waals surface area contributed by atoms with E-state index < -0.39 is 0 Å². The minimum absolute atomic E-state index is 0.103. The number of aryl methyl sites for hydroxylation is 1. The van der Waals surface area contributed by atoms with Gasteiger partial charge in [-0.3, -0.25) is 4.79 Å². The molecule has 2 aromatic rings. The van der Waals surface area contributed by atoms with Crippen molar-refractivity contribution in [1.29, 1.82) is 0 Å². The van der Waals surface area contributed by atoms with Gasteiger partial charge < -0.3 is 10.2 Å². The van der Waals surface area contributed by atoms with Gasteiger partial charge in [0.2, 0.25) is 5.91 Å². The lowest BCUT2D eigenvalue weighted by atomic mass is 10.1. The van der Waals surface area contributed by atoms with Gasteiger partial charge in [-0.25, -0.2) is 0 Å². The lowest BCUT2D eigenvalue weighted by molar-refractivity contribution is -0.129. The molecule has 0 bridgehead atoms. The van der Waals surface area contributed by atoms with Crippen LogP contribution in [0.15, 0.2) is 54.6 Å². The molecule has 0 unspecified atom stereocenters. The number of likely N-dealkylation sites (N-methyl/N-ethyl adjacent to an activating group) is 1. The van der Waals surface area contributed by atoms with Crippen LogP contribution in [0.5, 0.6) is 0 Å². The van der Waals surface area contributed by atoms with Crippen molar-refractivity contribution in [3.05, 3.63) is 71.3 Å². The van der Waals surface area contributed by atoms with Crippen molar-refractivity contribution >= 4 is 5.91 Å². The zero-order valence-electron chi connectivity index (χ0n) is 12.7. The summed E-state index contributed by atoms with van der Waals surface area (Å²) in [5.41, 5.74) is 3.59. The van der Waals surface area contributed by atoms with Crippen molar-refractivity contribution in [3.63, 3.8) is 0 Å². The predicted octanol–water partition coefficient (Wildman–Crippen LogP) is 2.74. The first-order chi connectivity index (χ1) is 10.1. The maximum atomic E-state index is 12.1. The van der Waals surface area contributed by atoms with Crippen molar-refractivity contribution in [1.82, 2.24) is 10.2 Å². The minimum Gasteiger partial charge on any atom is -0.340 e. The van der Waals surface area contributed by atoms with E-state index in [9.17, 15) is 4.79 Å². The van der Waals surface area contributed by atoms with Crippen LogP contribution in [0.25, 0.3) is 0 Å². The summed E-state index contributed by atoms with van der Waals surface area (Å²) in [5.74, 6) is 0.103. The summed E-state index contributed by atoms with van der Waals surface area (Å²) >= 11 is 0. The Morgan fingerprint density at radius 1 is 1.05 bits per heavy atom. The van der Waals surface area contributed by atoms with Crippen LogP contribution < -0.4 is 5.32 Å². The van der Waals surface area contributed by atoms with E-state index in [0.29, 0.717) is 19.6 Å². The summed E-state index contributed by atoms with van der Waals surface area (Å²) in [4.78, 5) is 13.8. The van der Waals surface area contributed by atoms with Crippen LogP contribution in [0.4, 0.5) is 0 Å². The molecule has 3 heteroatoms. The van der Waals surface area contributed by atoms with E-state index in [1.54, 1.807) is 4.90 Å². The molecule has 2 rings (SSSR count). The topological polar surface area (TPSA) is 32.3 Å². The van der Waals surface area contributed by atoms with Crippen LogP contribution in [0.3, 0.4) is 0 Å². The van der Waals surface area contributed by atoms with E-state index in [1.807, 2.05) is 43.4 Å². The molecule has 0 saturated heterocycles. The van der Waals surface area contributed by atoms with Crippen molar-refractivity contribution in [2.24, 2.45) is 0 Å². The highest BCUT2D eigenvalue weighted by Crippen LogP contribution is 2.04. The molecule has 1 N–H and O–H groups in total. The molecule has 21 heavy (non-hydrogen) atoms. The lowest BCUT2D eigenvalue weighted by Crippen LogP contribution is -2.34. The van der Waals surface area contributed by atoms with Gasteiger partial charge in [0.05, 0.1) is 6.54 Å². The zero-order chi connectivity index (χ0) is 15.1. The fraction of sp³-hybridized carbons (Fsp3) is 0.278. The number of carbonyl (C=O) groups is 1.